The van der Waals surface area contributed by atoms with E-state index in [1.54, 1.807) is 11.3 Å². The molecule has 17 heavy (non-hydrogen) atoms. The third-order valence-electron chi connectivity index (χ3n) is 3.32. The molecule has 0 unspecified atom stereocenters. The van der Waals surface area contributed by atoms with Crippen LogP contribution in [0.5, 0.6) is 0 Å². The van der Waals surface area contributed by atoms with Crippen LogP contribution in [0.15, 0.2) is 15.9 Å². The number of hydrogen-bond acceptors (Lipinski definition) is 4. The molecule has 1 aromatic heterocycles. The molecule has 2 aliphatic heterocycles. The molecule has 2 fully saturated rings. The maximum atomic E-state index is 5.78. The second-order valence-corrected chi connectivity index (χ2v) is 7.18. The number of ether oxygens (including phenoxy) is 2. The summed E-state index contributed by atoms with van der Waals surface area (Å²) in [6.07, 6.45) is 2.20. The van der Waals surface area contributed by atoms with Gasteiger partial charge < -0.3 is 9.47 Å². The number of piperidine rings is 1. The summed E-state index contributed by atoms with van der Waals surface area (Å²) >= 11 is 5.31. The molecule has 2 saturated heterocycles. The first-order valence-corrected chi connectivity index (χ1v) is 7.61. The van der Waals surface area contributed by atoms with Crippen LogP contribution in [-0.2, 0) is 16.0 Å². The molecule has 0 saturated carbocycles. The molecule has 0 aliphatic carbocycles. The number of hydrogen-bond donors (Lipinski definition) is 0. The van der Waals surface area contributed by atoms with E-state index in [9.17, 15) is 0 Å². The Morgan fingerprint density at radius 3 is 2.88 bits per heavy atom. The Bertz CT molecular complexity index is 390. The van der Waals surface area contributed by atoms with Gasteiger partial charge >= 0.3 is 0 Å². The number of likely N-dealkylation sites (tertiary alicyclic amines) is 1. The first-order valence-electron chi connectivity index (χ1n) is 6.00. The SMILES string of the molecule is Brc1ccc(CN2CCCC3(C2)OCCO3)s1. The summed E-state index contributed by atoms with van der Waals surface area (Å²) in [6.45, 7) is 4.55. The van der Waals surface area contributed by atoms with Crippen LogP contribution in [0.1, 0.15) is 17.7 Å². The van der Waals surface area contributed by atoms with Crippen LogP contribution >= 0.6 is 27.3 Å². The van der Waals surface area contributed by atoms with E-state index in [1.165, 1.54) is 8.66 Å². The predicted molar refractivity (Wildman–Crippen MR) is 71.2 cm³/mol. The second kappa shape index (κ2) is 4.97. The molecule has 0 radical (unpaired) electrons. The van der Waals surface area contributed by atoms with Crippen molar-refractivity contribution < 1.29 is 9.47 Å². The summed E-state index contributed by atoms with van der Waals surface area (Å²) in [5.74, 6) is -0.299. The topological polar surface area (TPSA) is 21.7 Å². The first-order chi connectivity index (χ1) is 8.26. The summed E-state index contributed by atoms with van der Waals surface area (Å²) in [5, 5.41) is 0. The number of nitrogens with zero attached hydrogens (tertiary/aromatic N) is 1. The molecular weight excluding hydrogens is 302 g/mol. The monoisotopic (exact) mass is 317 g/mol. The standard InChI is InChI=1S/C12H16BrNO2S/c13-11-3-2-10(17-11)8-14-5-1-4-12(9-14)15-6-7-16-12/h2-3H,1,4-9H2. The van der Waals surface area contributed by atoms with Gasteiger partial charge in [0.2, 0.25) is 0 Å². The molecule has 2 aliphatic rings. The van der Waals surface area contributed by atoms with Gasteiger partial charge in [-0.2, -0.15) is 0 Å². The van der Waals surface area contributed by atoms with Crippen molar-refractivity contribution in [3.8, 4) is 0 Å². The third-order valence-corrected chi connectivity index (χ3v) is 4.93. The summed E-state index contributed by atoms with van der Waals surface area (Å²) in [7, 11) is 0. The number of halogens is 1. The quantitative estimate of drug-likeness (QED) is 0.837. The Balaban J connectivity index is 1.64. The fourth-order valence-electron chi connectivity index (χ4n) is 2.60. The van der Waals surface area contributed by atoms with E-state index in [4.69, 9.17) is 9.47 Å². The van der Waals surface area contributed by atoms with Crippen molar-refractivity contribution in [2.24, 2.45) is 0 Å². The highest BCUT2D eigenvalue weighted by Gasteiger charge is 2.40. The van der Waals surface area contributed by atoms with E-state index in [0.717, 1.165) is 45.7 Å². The van der Waals surface area contributed by atoms with Crippen molar-refractivity contribution in [1.82, 2.24) is 4.90 Å². The van der Waals surface area contributed by atoms with E-state index in [-0.39, 0.29) is 5.79 Å². The van der Waals surface area contributed by atoms with Crippen molar-refractivity contribution in [1.29, 1.82) is 0 Å². The number of rotatable bonds is 2. The highest BCUT2D eigenvalue weighted by atomic mass is 79.9. The Kier molecular flexibility index (Phi) is 3.54. The van der Waals surface area contributed by atoms with Crippen molar-refractivity contribution in [3.63, 3.8) is 0 Å². The minimum atomic E-state index is -0.299. The average Bonchev–Trinajstić information content (AvgIpc) is 2.89. The molecule has 5 heteroatoms. The Labute approximate surface area is 114 Å². The molecule has 0 aromatic carbocycles. The van der Waals surface area contributed by atoms with Gasteiger partial charge in [-0.15, -0.1) is 11.3 Å². The zero-order valence-electron chi connectivity index (χ0n) is 9.65. The lowest BCUT2D eigenvalue weighted by Crippen LogP contribution is -2.48. The summed E-state index contributed by atoms with van der Waals surface area (Å²) in [6, 6.07) is 4.30. The fourth-order valence-corrected chi connectivity index (χ4v) is 4.12. The maximum absolute atomic E-state index is 5.78. The average molecular weight is 318 g/mol. The highest BCUT2D eigenvalue weighted by Crippen LogP contribution is 2.31. The first kappa shape index (κ1) is 12.1. The smallest absolute Gasteiger partial charge is 0.181 e. The normalized spacial score (nSPS) is 24.5. The van der Waals surface area contributed by atoms with Gasteiger partial charge in [0.05, 0.1) is 23.5 Å². The number of thiophene rings is 1. The molecule has 0 amide bonds. The van der Waals surface area contributed by atoms with Crippen LogP contribution in [0.25, 0.3) is 0 Å². The van der Waals surface area contributed by atoms with Crippen molar-refractivity contribution in [3.05, 3.63) is 20.8 Å². The minimum Gasteiger partial charge on any atom is -0.346 e. The van der Waals surface area contributed by atoms with E-state index >= 15 is 0 Å². The third kappa shape index (κ3) is 2.74. The molecule has 3 rings (SSSR count). The predicted octanol–water partition coefficient (Wildman–Crippen LogP) is 2.85. The molecule has 0 atom stereocenters. The molecule has 3 nitrogen and oxygen atoms in total. The summed E-state index contributed by atoms with van der Waals surface area (Å²) < 4.78 is 12.8. The van der Waals surface area contributed by atoms with Crippen molar-refractivity contribution in [2.75, 3.05) is 26.3 Å². The minimum absolute atomic E-state index is 0.299. The zero-order valence-corrected chi connectivity index (χ0v) is 12.1. The van der Waals surface area contributed by atoms with Crippen molar-refractivity contribution in [2.45, 2.75) is 25.2 Å². The van der Waals surface area contributed by atoms with Gasteiger partial charge in [0, 0.05) is 17.8 Å². The molecule has 3 heterocycles. The highest BCUT2D eigenvalue weighted by molar-refractivity contribution is 9.11. The van der Waals surface area contributed by atoms with Crippen molar-refractivity contribution >= 4 is 27.3 Å². The van der Waals surface area contributed by atoms with Gasteiger partial charge in [0.25, 0.3) is 0 Å². The summed E-state index contributed by atoms with van der Waals surface area (Å²) in [5.41, 5.74) is 0. The van der Waals surface area contributed by atoms with E-state index in [1.807, 2.05) is 0 Å². The van der Waals surface area contributed by atoms with Crippen LogP contribution in [0.3, 0.4) is 0 Å². The van der Waals surface area contributed by atoms with Gasteiger partial charge in [0.15, 0.2) is 5.79 Å². The lowest BCUT2D eigenvalue weighted by atomic mass is 10.0. The Hall–Kier alpha value is 0.0600. The van der Waals surface area contributed by atoms with E-state index in [2.05, 4.69) is 33.0 Å². The lowest BCUT2D eigenvalue weighted by molar-refractivity contribution is -0.190. The van der Waals surface area contributed by atoms with E-state index < -0.39 is 0 Å². The maximum Gasteiger partial charge on any atom is 0.181 e. The lowest BCUT2D eigenvalue weighted by Gasteiger charge is -2.38. The van der Waals surface area contributed by atoms with Crippen LogP contribution in [0.4, 0.5) is 0 Å². The van der Waals surface area contributed by atoms with E-state index in [0.29, 0.717) is 0 Å². The van der Waals surface area contributed by atoms with Gasteiger partial charge in [-0.05, 0) is 41.0 Å². The molecular formula is C12H16BrNO2S. The Morgan fingerprint density at radius 1 is 1.35 bits per heavy atom. The second-order valence-electron chi connectivity index (χ2n) is 4.63. The van der Waals surface area contributed by atoms with Crippen LogP contribution in [-0.4, -0.2) is 37.0 Å². The fraction of sp³-hybridized carbons (Fsp3) is 0.667. The molecule has 1 spiro atoms. The summed E-state index contributed by atoms with van der Waals surface area (Å²) in [4.78, 5) is 3.83. The van der Waals surface area contributed by atoms with Gasteiger partial charge in [-0.3, -0.25) is 4.90 Å². The van der Waals surface area contributed by atoms with Crippen LogP contribution < -0.4 is 0 Å². The van der Waals surface area contributed by atoms with Gasteiger partial charge in [0.1, 0.15) is 0 Å². The van der Waals surface area contributed by atoms with Gasteiger partial charge in [-0.25, -0.2) is 0 Å². The van der Waals surface area contributed by atoms with Gasteiger partial charge in [-0.1, -0.05) is 0 Å². The molecule has 94 valence electrons. The molecule has 0 bridgehead atoms. The zero-order chi connectivity index (χ0) is 11.7. The van der Waals surface area contributed by atoms with Crippen LogP contribution in [0, 0.1) is 0 Å². The largest absolute Gasteiger partial charge is 0.346 e. The molecule has 1 aromatic rings. The molecule has 0 N–H and O–H groups in total. The Morgan fingerprint density at radius 2 is 2.18 bits per heavy atom. The van der Waals surface area contributed by atoms with Crippen LogP contribution in [0.2, 0.25) is 0 Å².